The molecule has 0 unspecified atom stereocenters. The Hall–Kier alpha value is -1.14. The van der Waals surface area contributed by atoms with E-state index in [1.54, 1.807) is 0 Å². The van der Waals surface area contributed by atoms with E-state index in [9.17, 15) is 8.78 Å². The summed E-state index contributed by atoms with van der Waals surface area (Å²) in [4.78, 5) is 5.55. The molecule has 3 nitrogen and oxygen atoms in total. The molecule has 1 heterocycles. The van der Waals surface area contributed by atoms with E-state index in [-0.39, 0.29) is 10.8 Å². The van der Waals surface area contributed by atoms with E-state index < -0.39 is 6.61 Å². The molecule has 0 saturated heterocycles. The number of imidazole rings is 1. The number of ether oxygens (including phenoxy) is 1. The Balaban J connectivity index is 2.56. The molecular formula is C8H5ClF2N2OS. The highest BCUT2D eigenvalue weighted by atomic mass is 35.5. The van der Waals surface area contributed by atoms with E-state index in [1.807, 2.05) is 0 Å². The molecule has 0 saturated carbocycles. The van der Waals surface area contributed by atoms with Crippen molar-refractivity contribution in [2.75, 3.05) is 0 Å². The van der Waals surface area contributed by atoms with Gasteiger partial charge in [0.25, 0.3) is 0 Å². The molecule has 2 rings (SSSR count). The molecule has 0 aliphatic rings. The SMILES string of the molecule is FC(F)Oc1cc(Cl)c2[nH]c(=S)[nH]c2c1. The van der Waals surface area contributed by atoms with Crippen molar-refractivity contribution in [2.24, 2.45) is 0 Å². The quantitative estimate of drug-likeness (QED) is 0.801. The van der Waals surface area contributed by atoms with Gasteiger partial charge in [-0.25, -0.2) is 0 Å². The zero-order chi connectivity index (χ0) is 11.0. The average Bonchev–Trinajstić information content (AvgIpc) is 2.44. The van der Waals surface area contributed by atoms with Gasteiger partial charge in [0.15, 0.2) is 4.77 Å². The van der Waals surface area contributed by atoms with E-state index in [4.69, 9.17) is 23.8 Å². The molecule has 0 atom stereocenters. The van der Waals surface area contributed by atoms with Gasteiger partial charge in [0.1, 0.15) is 5.75 Å². The van der Waals surface area contributed by atoms with E-state index >= 15 is 0 Å². The predicted molar refractivity (Wildman–Crippen MR) is 55.1 cm³/mol. The Kier molecular flexibility index (Phi) is 2.62. The summed E-state index contributed by atoms with van der Waals surface area (Å²) in [5, 5.41) is 0.274. The Morgan fingerprint density at radius 2 is 2.07 bits per heavy atom. The third kappa shape index (κ3) is 2.10. The summed E-state index contributed by atoms with van der Waals surface area (Å²) in [6, 6.07) is 2.70. The number of halogens is 3. The number of benzene rings is 1. The van der Waals surface area contributed by atoms with Gasteiger partial charge in [-0.3, -0.25) is 0 Å². The summed E-state index contributed by atoms with van der Waals surface area (Å²) in [6.07, 6.45) is 0. The average molecular weight is 251 g/mol. The molecule has 0 aliphatic heterocycles. The van der Waals surface area contributed by atoms with Gasteiger partial charge in [0.05, 0.1) is 16.1 Å². The highest BCUT2D eigenvalue weighted by molar-refractivity contribution is 7.71. The Bertz CT molecular complexity index is 551. The van der Waals surface area contributed by atoms with Crippen molar-refractivity contribution in [1.82, 2.24) is 9.97 Å². The minimum atomic E-state index is -2.87. The molecular weight excluding hydrogens is 246 g/mol. The standard InChI is InChI=1S/C8H5ClF2N2OS/c9-4-1-3(14-7(10)11)2-5-6(4)13-8(15)12-5/h1-2,7H,(H2,12,13,15). The molecule has 0 bridgehead atoms. The topological polar surface area (TPSA) is 40.8 Å². The van der Waals surface area contributed by atoms with Crippen LogP contribution in [0.15, 0.2) is 12.1 Å². The lowest BCUT2D eigenvalue weighted by atomic mass is 10.3. The minimum Gasteiger partial charge on any atom is -0.435 e. The number of rotatable bonds is 2. The lowest BCUT2D eigenvalue weighted by Crippen LogP contribution is -2.01. The van der Waals surface area contributed by atoms with Gasteiger partial charge >= 0.3 is 6.61 Å². The number of fused-ring (bicyclic) bond motifs is 1. The van der Waals surface area contributed by atoms with Crippen molar-refractivity contribution in [3.63, 3.8) is 0 Å². The fourth-order valence-corrected chi connectivity index (χ4v) is 1.71. The molecule has 2 aromatic rings. The van der Waals surface area contributed by atoms with Crippen molar-refractivity contribution >= 4 is 34.9 Å². The van der Waals surface area contributed by atoms with Crippen molar-refractivity contribution in [3.05, 3.63) is 21.9 Å². The predicted octanol–water partition coefficient (Wildman–Crippen LogP) is 3.48. The van der Waals surface area contributed by atoms with E-state index in [2.05, 4.69) is 14.7 Å². The summed E-state index contributed by atoms with van der Waals surface area (Å²) in [6.45, 7) is -2.87. The molecule has 80 valence electrons. The van der Waals surface area contributed by atoms with Crippen LogP contribution in [0.5, 0.6) is 5.75 Å². The third-order valence-corrected chi connectivity index (χ3v) is 2.28. The molecule has 7 heteroatoms. The molecule has 0 radical (unpaired) electrons. The molecule has 0 spiro atoms. The molecule has 0 fully saturated rings. The zero-order valence-electron chi connectivity index (χ0n) is 7.18. The number of nitrogens with one attached hydrogen (secondary N) is 2. The second-order valence-corrected chi connectivity index (χ2v) is 3.60. The monoisotopic (exact) mass is 250 g/mol. The lowest BCUT2D eigenvalue weighted by Gasteiger charge is -2.04. The molecule has 1 aromatic heterocycles. The van der Waals surface area contributed by atoms with Crippen molar-refractivity contribution < 1.29 is 13.5 Å². The van der Waals surface area contributed by atoms with Gasteiger partial charge in [0.2, 0.25) is 0 Å². The number of aromatic nitrogens is 2. The summed E-state index contributed by atoms with van der Waals surface area (Å²) in [7, 11) is 0. The number of aromatic amines is 2. The van der Waals surface area contributed by atoms with Crippen LogP contribution < -0.4 is 4.74 Å². The second-order valence-electron chi connectivity index (χ2n) is 2.79. The molecule has 2 N–H and O–H groups in total. The normalized spacial score (nSPS) is 11.2. The molecule has 15 heavy (non-hydrogen) atoms. The zero-order valence-corrected chi connectivity index (χ0v) is 8.75. The summed E-state index contributed by atoms with van der Waals surface area (Å²) in [5.41, 5.74) is 1.10. The van der Waals surface area contributed by atoms with Gasteiger partial charge in [-0.15, -0.1) is 0 Å². The van der Waals surface area contributed by atoms with Crippen molar-refractivity contribution in [3.8, 4) is 5.75 Å². The Labute approximate surface area is 93.0 Å². The Morgan fingerprint density at radius 3 is 2.73 bits per heavy atom. The number of alkyl halides is 2. The molecule has 0 amide bonds. The van der Waals surface area contributed by atoms with E-state index in [0.29, 0.717) is 15.8 Å². The van der Waals surface area contributed by atoms with E-state index in [0.717, 1.165) is 0 Å². The highest BCUT2D eigenvalue weighted by Crippen LogP contribution is 2.27. The van der Waals surface area contributed by atoms with Crippen LogP contribution in [0, 0.1) is 4.77 Å². The number of H-pyrrole nitrogens is 2. The number of hydrogen-bond acceptors (Lipinski definition) is 2. The van der Waals surface area contributed by atoms with Crippen LogP contribution in [0.25, 0.3) is 11.0 Å². The van der Waals surface area contributed by atoms with Crippen LogP contribution in [-0.4, -0.2) is 16.6 Å². The number of hydrogen-bond donors (Lipinski definition) is 2. The van der Waals surface area contributed by atoms with E-state index in [1.165, 1.54) is 12.1 Å². The maximum absolute atomic E-state index is 12.0. The van der Waals surface area contributed by atoms with Crippen LogP contribution in [0.3, 0.4) is 0 Å². The molecule has 1 aromatic carbocycles. The minimum absolute atomic E-state index is 0.00671. The first-order chi connectivity index (χ1) is 7.06. The van der Waals surface area contributed by atoms with Gasteiger partial charge < -0.3 is 14.7 Å². The van der Waals surface area contributed by atoms with Crippen molar-refractivity contribution in [2.45, 2.75) is 6.61 Å². The summed E-state index contributed by atoms with van der Waals surface area (Å²) in [5.74, 6) is -0.00671. The fraction of sp³-hybridized carbons (Fsp3) is 0.125. The maximum atomic E-state index is 12.0. The van der Waals surface area contributed by atoms with Crippen LogP contribution in [0.1, 0.15) is 0 Å². The largest absolute Gasteiger partial charge is 0.435 e. The van der Waals surface area contributed by atoms with Crippen LogP contribution >= 0.6 is 23.8 Å². The van der Waals surface area contributed by atoms with Gasteiger partial charge in [-0.05, 0) is 12.2 Å². The van der Waals surface area contributed by atoms with Crippen LogP contribution in [0.2, 0.25) is 5.02 Å². The third-order valence-electron chi connectivity index (χ3n) is 1.78. The van der Waals surface area contributed by atoms with Crippen LogP contribution in [-0.2, 0) is 0 Å². The van der Waals surface area contributed by atoms with Gasteiger partial charge in [0, 0.05) is 12.1 Å². The first-order valence-corrected chi connectivity index (χ1v) is 4.71. The molecule has 0 aliphatic carbocycles. The van der Waals surface area contributed by atoms with Crippen molar-refractivity contribution in [1.29, 1.82) is 0 Å². The summed E-state index contributed by atoms with van der Waals surface area (Å²) < 4.78 is 28.5. The highest BCUT2D eigenvalue weighted by Gasteiger charge is 2.09. The summed E-state index contributed by atoms with van der Waals surface area (Å²) >= 11 is 10.7. The van der Waals surface area contributed by atoms with Gasteiger partial charge in [-0.1, -0.05) is 11.6 Å². The lowest BCUT2D eigenvalue weighted by molar-refractivity contribution is -0.0497. The van der Waals surface area contributed by atoms with Gasteiger partial charge in [-0.2, -0.15) is 8.78 Å². The maximum Gasteiger partial charge on any atom is 0.387 e. The second kappa shape index (κ2) is 3.79. The smallest absolute Gasteiger partial charge is 0.387 e. The Morgan fingerprint density at radius 1 is 1.33 bits per heavy atom. The first kappa shape index (κ1) is 10.4. The fourth-order valence-electron chi connectivity index (χ4n) is 1.25. The first-order valence-electron chi connectivity index (χ1n) is 3.92. The van der Waals surface area contributed by atoms with Crippen LogP contribution in [0.4, 0.5) is 8.78 Å².